The number of hydrogen-bond donors (Lipinski definition) is 1. The van der Waals surface area contributed by atoms with Gasteiger partial charge in [-0.05, 0) is 56.0 Å². The van der Waals surface area contributed by atoms with Crippen LogP contribution in [0, 0.1) is 13.8 Å². The minimum atomic E-state index is -0.241. The van der Waals surface area contributed by atoms with Crippen LogP contribution in [-0.4, -0.2) is 46.7 Å². The van der Waals surface area contributed by atoms with Crippen molar-refractivity contribution < 1.29 is 19.1 Å². The molecule has 0 unspecified atom stereocenters. The molecule has 1 saturated carbocycles. The Morgan fingerprint density at radius 3 is 2.61 bits per heavy atom. The zero-order chi connectivity index (χ0) is 28.1. The van der Waals surface area contributed by atoms with E-state index in [2.05, 4.69) is 18.3 Å². The van der Waals surface area contributed by atoms with E-state index in [0.29, 0.717) is 17.3 Å². The van der Waals surface area contributed by atoms with Crippen molar-refractivity contribution in [3.05, 3.63) is 89.0 Å². The maximum absolute atomic E-state index is 13.9. The van der Waals surface area contributed by atoms with Crippen molar-refractivity contribution in [2.24, 2.45) is 0 Å². The van der Waals surface area contributed by atoms with E-state index < -0.39 is 0 Å². The number of benzene rings is 3. The summed E-state index contributed by atoms with van der Waals surface area (Å²) < 4.78 is 13.2. The maximum Gasteiger partial charge on any atom is 0.240 e. The van der Waals surface area contributed by atoms with Gasteiger partial charge in [-0.15, -0.1) is 11.8 Å². The van der Waals surface area contributed by atoms with Crippen LogP contribution in [0.3, 0.4) is 0 Å². The molecular weight excluding hydrogens is 536 g/mol. The molecule has 1 atom stereocenters. The molecule has 2 amide bonds. The lowest BCUT2D eigenvalue weighted by molar-refractivity contribution is -0.123. The van der Waals surface area contributed by atoms with Gasteiger partial charge in [-0.2, -0.15) is 5.10 Å². The number of amides is 2. The monoisotopic (exact) mass is 566 g/mol. The quantitative estimate of drug-likeness (QED) is 0.340. The van der Waals surface area contributed by atoms with Crippen LogP contribution < -0.4 is 19.7 Å². The molecule has 3 aromatic carbocycles. The number of aromatic nitrogens is 2. The van der Waals surface area contributed by atoms with E-state index in [4.69, 9.17) is 14.6 Å². The Kier molecular flexibility index (Phi) is 6.46. The van der Waals surface area contributed by atoms with Crippen molar-refractivity contribution in [1.82, 2.24) is 15.1 Å². The first kappa shape index (κ1) is 25.7. The predicted octanol–water partition coefficient (Wildman–Crippen LogP) is 5.33. The molecule has 1 aliphatic carbocycles. The highest BCUT2D eigenvalue weighted by atomic mass is 32.2. The number of carbonyl (C=O) groups excluding carboxylic acids is 2. The van der Waals surface area contributed by atoms with Crippen molar-refractivity contribution >= 4 is 29.4 Å². The number of rotatable bonds is 6. The molecule has 3 heterocycles. The summed E-state index contributed by atoms with van der Waals surface area (Å²) in [5.41, 5.74) is 6.62. The minimum absolute atomic E-state index is 0.0679. The normalized spacial score (nSPS) is 17.8. The SMILES string of the molecule is Cc1ccc(-n2nc(-c3ccccc3)c3c2N(CC(=O)NC2CC2)C(=O)CS[C@H]3c2ccc3c(c2)OCO3)c(C)c1. The Bertz CT molecular complexity index is 1660. The summed E-state index contributed by atoms with van der Waals surface area (Å²) >= 11 is 1.54. The number of carbonyl (C=O) groups is 2. The molecule has 1 aromatic heterocycles. The van der Waals surface area contributed by atoms with Crippen molar-refractivity contribution in [2.75, 3.05) is 24.0 Å². The van der Waals surface area contributed by atoms with Crippen LogP contribution in [-0.2, 0) is 9.59 Å². The second-order valence-corrected chi connectivity index (χ2v) is 11.9. The molecule has 9 heteroatoms. The molecule has 208 valence electrons. The second-order valence-electron chi connectivity index (χ2n) is 10.8. The third-order valence-corrected chi connectivity index (χ3v) is 8.92. The largest absolute Gasteiger partial charge is 0.454 e. The van der Waals surface area contributed by atoms with Crippen LogP contribution in [0.25, 0.3) is 16.9 Å². The first-order valence-corrected chi connectivity index (χ1v) is 14.9. The fraction of sp³-hybridized carbons (Fsp3) is 0.281. The number of aryl methyl sites for hydroxylation is 2. The third kappa shape index (κ3) is 4.84. The molecule has 1 N–H and O–H groups in total. The topological polar surface area (TPSA) is 85.7 Å². The van der Waals surface area contributed by atoms with Gasteiger partial charge in [0.2, 0.25) is 18.6 Å². The summed E-state index contributed by atoms with van der Waals surface area (Å²) in [5, 5.41) is 8.02. The van der Waals surface area contributed by atoms with Crippen molar-refractivity contribution in [1.29, 1.82) is 0 Å². The van der Waals surface area contributed by atoms with Gasteiger partial charge in [-0.25, -0.2) is 4.68 Å². The van der Waals surface area contributed by atoms with Crippen molar-refractivity contribution in [3.8, 4) is 28.4 Å². The van der Waals surface area contributed by atoms with Gasteiger partial charge in [0.05, 0.1) is 22.4 Å². The number of anilines is 1. The summed E-state index contributed by atoms with van der Waals surface area (Å²) in [4.78, 5) is 28.7. The third-order valence-electron chi connectivity index (χ3n) is 7.66. The molecule has 0 radical (unpaired) electrons. The lowest BCUT2D eigenvalue weighted by atomic mass is 9.99. The number of hydrogen-bond acceptors (Lipinski definition) is 6. The van der Waals surface area contributed by atoms with Crippen LogP contribution in [0.4, 0.5) is 5.82 Å². The Labute approximate surface area is 242 Å². The zero-order valence-electron chi connectivity index (χ0n) is 22.9. The predicted molar refractivity (Wildman–Crippen MR) is 159 cm³/mol. The molecule has 0 saturated heterocycles. The Morgan fingerprint density at radius 1 is 1.02 bits per heavy atom. The van der Waals surface area contributed by atoms with E-state index in [1.807, 2.05) is 72.3 Å². The van der Waals surface area contributed by atoms with E-state index in [9.17, 15) is 9.59 Å². The standard InChI is InChI=1S/C32H30N4O4S/c1-19-8-12-24(20(2)14-19)36-32-29(30(34-36)21-6-4-3-5-7-21)31(22-9-13-25-26(15-22)40-18-39-25)41-17-28(38)35(32)16-27(37)33-23-10-11-23/h3-9,12-15,23,31H,10-11,16-18H2,1-2H3,(H,33,37)/t31-/m0/s1. The summed E-state index contributed by atoms with van der Waals surface area (Å²) in [6.07, 6.45) is 1.96. The number of nitrogens with zero attached hydrogens (tertiary/aromatic N) is 3. The molecule has 4 aromatic rings. The lowest BCUT2D eigenvalue weighted by Crippen LogP contribution is -2.43. The molecule has 2 aliphatic heterocycles. The summed E-state index contributed by atoms with van der Waals surface area (Å²) in [7, 11) is 0. The second kappa shape index (κ2) is 10.3. The highest BCUT2D eigenvalue weighted by Gasteiger charge is 2.39. The lowest BCUT2D eigenvalue weighted by Gasteiger charge is -2.24. The molecule has 3 aliphatic rings. The number of fused-ring (bicyclic) bond motifs is 2. The smallest absolute Gasteiger partial charge is 0.240 e. The summed E-state index contributed by atoms with van der Waals surface area (Å²) in [5.74, 6) is 1.94. The van der Waals surface area contributed by atoms with Crippen LogP contribution in [0.2, 0.25) is 0 Å². The van der Waals surface area contributed by atoms with Gasteiger partial charge < -0.3 is 14.8 Å². The zero-order valence-corrected chi connectivity index (χ0v) is 23.7. The Balaban J connectivity index is 1.47. The van der Waals surface area contributed by atoms with Crippen LogP contribution in [0.5, 0.6) is 11.5 Å². The molecule has 1 fully saturated rings. The van der Waals surface area contributed by atoms with E-state index in [1.54, 1.807) is 16.7 Å². The van der Waals surface area contributed by atoms with Gasteiger partial charge in [0.15, 0.2) is 11.5 Å². The molecule has 0 bridgehead atoms. The molecule has 0 spiro atoms. The van der Waals surface area contributed by atoms with Crippen molar-refractivity contribution in [3.63, 3.8) is 0 Å². The van der Waals surface area contributed by atoms with Gasteiger partial charge in [0.1, 0.15) is 12.4 Å². The summed E-state index contributed by atoms with van der Waals surface area (Å²) in [6.45, 7) is 4.22. The minimum Gasteiger partial charge on any atom is -0.454 e. The number of ether oxygens (including phenoxy) is 2. The van der Waals surface area contributed by atoms with E-state index in [-0.39, 0.29) is 42.2 Å². The first-order valence-electron chi connectivity index (χ1n) is 13.8. The van der Waals surface area contributed by atoms with Gasteiger partial charge in [-0.1, -0.05) is 54.1 Å². The molecule has 8 nitrogen and oxygen atoms in total. The van der Waals surface area contributed by atoms with Crippen LogP contribution in [0.15, 0.2) is 66.7 Å². The van der Waals surface area contributed by atoms with E-state index in [1.165, 1.54) is 0 Å². The number of thioether (sulfide) groups is 1. The van der Waals surface area contributed by atoms with Gasteiger partial charge >= 0.3 is 0 Å². The Hall–Kier alpha value is -4.24. The van der Waals surface area contributed by atoms with Gasteiger partial charge in [0, 0.05) is 17.2 Å². The van der Waals surface area contributed by atoms with Crippen LogP contribution in [0.1, 0.15) is 40.3 Å². The van der Waals surface area contributed by atoms with E-state index in [0.717, 1.165) is 52.0 Å². The molecule has 7 rings (SSSR count). The van der Waals surface area contributed by atoms with E-state index >= 15 is 0 Å². The van der Waals surface area contributed by atoms with Gasteiger partial charge in [-0.3, -0.25) is 14.5 Å². The van der Waals surface area contributed by atoms with Crippen molar-refractivity contribution in [2.45, 2.75) is 38.0 Å². The Morgan fingerprint density at radius 2 is 1.83 bits per heavy atom. The fourth-order valence-corrected chi connectivity index (χ4v) is 6.71. The molecular formula is C32H30N4O4S. The highest BCUT2D eigenvalue weighted by Crippen LogP contribution is 2.50. The highest BCUT2D eigenvalue weighted by molar-refractivity contribution is 8.00. The molecule has 41 heavy (non-hydrogen) atoms. The summed E-state index contributed by atoms with van der Waals surface area (Å²) in [6, 6.07) is 22.4. The number of nitrogens with one attached hydrogen (secondary N) is 1. The maximum atomic E-state index is 13.9. The van der Waals surface area contributed by atoms with Crippen LogP contribution >= 0.6 is 11.8 Å². The first-order chi connectivity index (χ1) is 20.0. The van der Waals surface area contributed by atoms with Gasteiger partial charge in [0.25, 0.3) is 0 Å². The average Bonchev–Trinajstić information content (AvgIpc) is 3.55. The average molecular weight is 567 g/mol. The fourth-order valence-electron chi connectivity index (χ4n) is 5.52.